The zero-order valence-corrected chi connectivity index (χ0v) is 13.9. The summed E-state index contributed by atoms with van der Waals surface area (Å²) in [6.45, 7) is 0.404. The van der Waals surface area contributed by atoms with E-state index >= 15 is 0 Å². The van der Waals surface area contributed by atoms with Gasteiger partial charge in [0.05, 0.1) is 23.7 Å². The van der Waals surface area contributed by atoms with Crippen molar-refractivity contribution in [3.8, 4) is 5.75 Å². The fraction of sp³-hybridized carbons (Fsp3) is 0.294. The predicted molar refractivity (Wildman–Crippen MR) is 93.6 cm³/mol. The molecule has 1 saturated heterocycles. The van der Waals surface area contributed by atoms with E-state index in [9.17, 15) is 18.6 Å². The van der Waals surface area contributed by atoms with Crippen LogP contribution in [0.5, 0.6) is 5.75 Å². The van der Waals surface area contributed by atoms with Gasteiger partial charge in [0.15, 0.2) is 9.84 Å². The highest BCUT2D eigenvalue weighted by Crippen LogP contribution is 2.29. The van der Waals surface area contributed by atoms with Gasteiger partial charge in [0, 0.05) is 24.0 Å². The van der Waals surface area contributed by atoms with Crippen LogP contribution >= 0.6 is 0 Å². The minimum absolute atomic E-state index is 0.0881. The number of anilines is 2. The molecule has 1 aliphatic heterocycles. The molecule has 24 heavy (non-hydrogen) atoms. The third-order valence-electron chi connectivity index (χ3n) is 4.19. The standard InChI is InChI=1S/C17H20N2O4S/c18-13-6-4-12(5-7-13)9-19(14-2-1-3-15(20)8-14)16-10-24(22,23)11-17(16)21/h1-8,16-17,20-21H,9-11,18H2/t16-,17-/m0/s1. The number of rotatable bonds is 4. The van der Waals surface area contributed by atoms with Gasteiger partial charge in [-0.15, -0.1) is 0 Å². The minimum atomic E-state index is -3.28. The molecule has 0 bridgehead atoms. The molecule has 0 spiro atoms. The Morgan fingerprint density at radius 1 is 1.12 bits per heavy atom. The van der Waals surface area contributed by atoms with Gasteiger partial charge in [0.2, 0.25) is 0 Å². The number of hydrogen-bond acceptors (Lipinski definition) is 6. The molecule has 2 aromatic carbocycles. The second-order valence-electron chi connectivity index (χ2n) is 6.10. The highest BCUT2D eigenvalue weighted by atomic mass is 32.2. The molecule has 0 radical (unpaired) electrons. The van der Waals surface area contributed by atoms with Crippen LogP contribution in [0.15, 0.2) is 48.5 Å². The number of nitrogen functional groups attached to an aromatic ring is 1. The third-order valence-corrected chi connectivity index (χ3v) is 5.89. The predicted octanol–water partition coefficient (Wildman–Crippen LogP) is 1.14. The first-order chi connectivity index (χ1) is 11.3. The Bertz CT molecular complexity index is 821. The van der Waals surface area contributed by atoms with Gasteiger partial charge in [-0.25, -0.2) is 8.42 Å². The fourth-order valence-corrected chi connectivity index (χ4v) is 4.80. The van der Waals surface area contributed by atoms with Crippen LogP contribution in [0.2, 0.25) is 0 Å². The minimum Gasteiger partial charge on any atom is -0.508 e. The second kappa shape index (κ2) is 6.33. The van der Waals surface area contributed by atoms with Gasteiger partial charge in [-0.2, -0.15) is 0 Å². The normalized spacial score (nSPS) is 22.4. The van der Waals surface area contributed by atoms with Crippen molar-refractivity contribution in [2.75, 3.05) is 22.1 Å². The number of nitrogens with zero attached hydrogens (tertiary/aromatic N) is 1. The first-order valence-electron chi connectivity index (χ1n) is 7.63. The molecule has 2 atom stereocenters. The fourth-order valence-electron chi connectivity index (χ4n) is 3.00. The van der Waals surface area contributed by atoms with Crippen molar-refractivity contribution < 1.29 is 18.6 Å². The Labute approximate surface area is 141 Å². The number of sulfone groups is 1. The summed E-state index contributed by atoms with van der Waals surface area (Å²) in [5, 5.41) is 20.0. The molecule has 3 rings (SSSR count). The van der Waals surface area contributed by atoms with E-state index in [1.165, 1.54) is 0 Å². The molecular formula is C17H20N2O4S. The van der Waals surface area contributed by atoms with Crippen molar-refractivity contribution in [3.05, 3.63) is 54.1 Å². The summed E-state index contributed by atoms with van der Waals surface area (Å²) in [6, 6.07) is 13.3. The number of benzene rings is 2. The largest absolute Gasteiger partial charge is 0.508 e. The zero-order valence-electron chi connectivity index (χ0n) is 13.0. The molecule has 1 fully saturated rings. The Morgan fingerprint density at radius 3 is 2.42 bits per heavy atom. The van der Waals surface area contributed by atoms with E-state index in [-0.39, 0.29) is 17.3 Å². The van der Waals surface area contributed by atoms with Crippen molar-refractivity contribution in [3.63, 3.8) is 0 Å². The zero-order chi connectivity index (χ0) is 17.3. The van der Waals surface area contributed by atoms with Crippen LogP contribution in [0.4, 0.5) is 11.4 Å². The van der Waals surface area contributed by atoms with Gasteiger partial charge >= 0.3 is 0 Å². The van der Waals surface area contributed by atoms with Gasteiger partial charge in [-0.05, 0) is 29.8 Å². The van der Waals surface area contributed by atoms with Gasteiger partial charge in [-0.1, -0.05) is 18.2 Å². The number of phenols is 1. The Kier molecular flexibility index (Phi) is 4.38. The van der Waals surface area contributed by atoms with Crippen LogP contribution in [0.25, 0.3) is 0 Å². The molecular weight excluding hydrogens is 328 g/mol. The topological polar surface area (TPSA) is 104 Å². The maximum absolute atomic E-state index is 11.9. The molecule has 0 saturated carbocycles. The SMILES string of the molecule is Nc1ccc(CN(c2cccc(O)c2)[C@H]2CS(=O)(=O)C[C@@H]2O)cc1. The van der Waals surface area contributed by atoms with Crippen molar-refractivity contribution in [1.29, 1.82) is 0 Å². The molecule has 0 aromatic heterocycles. The lowest BCUT2D eigenvalue weighted by Gasteiger charge is -2.32. The number of hydrogen-bond donors (Lipinski definition) is 3. The summed E-state index contributed by atoms with van der Waals surface area (Å²) in [5.74, 6) is -0.266. The maximum atomic E-state index is 11.9. The first-order valence-corrected chi connectivity index (χ1v) is 9.45. The first kappa shape index (κ1) is 16.6. The van der Waals surface area contributed by atoms with Crippen LogP contribution in [0, 0.1) is 0 Å². The molecule has 6 nitrogen and oxygen atoms in total. The molecule has 0 aliphatic carbocycles. The van der Waals surface area contributed by atoms with Gasteiger partial charge < -0.3 is 20.8 Å². The highest BCUT2D eigenvalue weighted by Gasteiger charge is 2.40. The summed E-state index contributed by atoms with van der Waals surface area (Å²) in [4.78, 5) is 1.82. The molecule has 128 valence electrons. The third kappa shape index (κ3) is 3.63. The van der Waals surface area contributed by atoms with Crippen LogP contribution in [-0.2, 0) is 16.4 Å². The number of aromatic hydroxyl groups is 1. The van der Waals surface area contributed by atoms with Crippen molar-refractivity contribution in [1.82, 2.24) is 0 Å². The number of aliphatic hydroxyl groups is 1. The van der Waals surface area contributed by atoms with E-state index in [4.69, 9.17) is 5.73 Å². The Balaban J connectivity index is 1.96. The van der Waals surface area contributed by atoms with Crippen molar-refractivity contribution in [2.45, 2.75) is 18.7 Å². The average Bonchev–Trinajstić information content (AvgIpc) is 2.79. The van der Waals surface area contributed by atoms with E-state index in [2.05, 4.69) is 0 Å². The maximum Gasteiger partial charge on any atom is 0.155 e. The van der Waals surface area contributed by atoms with E-state index in [0.717, 1.165) is 5.56 Å². The Morgan fingerprint density at radius 2 is 1.83 bits per heavy atom. The molecule has 2 aromatic rings. The van der Waals surface area contributed by atoms with E-state index in [1.807, 2.05) is 17.0 Å². The van der Waals surface area contributed by atoms with Gasteiger partial charge in [-0.3, -0.25) is 0 Å². The Hall–Kier alpha value is -2.25. The number of nitrogens with two attached hydrogens (primary N) is 1. The van der Waals surface area contributed by atoms with Crippen LogP contribution in [-0.4, -0.2) is 42.3 Å². The summed E-state index contributed by atoms with van der Waals surface area (Å²) in [7, 11) is -3.28. The van der Waals surface area contributed by atoms with E-state index in [1.54, 1.807) is 36.4 Å². The lowest BCUT2D eigenvalue weighted by atomic mass is 10.1. The van der Waals surface area contributed by atoms with E-state index < -0.39 is 22.0 Å². The van der Waals surface area contributed by atoms with Gasteiger partial charge in [0.25, 0.3) is 0 Å². The summed E-state index contributed by atoms with van der Waals surface area (Å²) >= 11 is 0. The molecule has 1 heterocycles. The summed E-state index contributed by atoms with van der Waals surface area (Å²) < 4.78 is 23.8. The number of phenolic OH excluding ortho intramolecular Hbond substituents is 1. The monoisotopic (exact) mass is 348 g/mol. The molecule has 4 N–H and O–H groups in total. The van der Waals surface area contributed by atoms with Gasteiger partial charge in [0.1, 0.15) is 5.75 Å². The van der Waals surface area contributed by atoms with Crippen LogP contribution in [0.3, 0.4) is 0 Å². The highest BCUT2D eigenvalue weighted by molar-refractivity contribution is 7.91. The quantitative estimate of drug-likeness (QED) is 0.716. The molecule has 7 heteroatoms. The van der Waals surface area contributed by atoms with Crippen molar-refractivity contribution in [2.24, 2.45) is 0 Å². The molecule has 0 unspecified atom stereocenters. The average molecular weight is 348 g/mol. The second-order valence-corrected chi connectivity index (χ2v) is 8.25. The lowest BCUT2D eigenvalue weighted by molar-refractivity contribution is 0.177. The number of aliphatic hydroxyl groups excluding tert-OH is 1. The summed E-state index contributed by atoms with van der Waals surface area (Å²) in [5.41, 5.74) is 7.94. The smallest absolute Gasteiger partial charge is 0.155 e. The lowest BCUT2D eigenvalue weighted by Crippen LogP contribution is -2.42. The molecule has 0 amide bonds. The van der Waals surface area contributed by atoms with E-state index in [0.29, 0.717) is 17.9 Å². The molecule has 1 aliphatic rings. The van der Waals surface area contributed by atoms with Crippen molar-refractivity contribution >= 4 is 21.2 Å². The van der Waals surface area contributed by atoms with Crippen LogP contribution < -0.4 is 10.6 Å². The summed E-state index contributed by atoms with van der Waals surface area (Å²) in [6.07, 6.45) is -0.967. The van der Waals surface area contributed by atoms with Crippen LogP contribution in [0.1, 0.15) is 5.56 Å².